The normalized spacial score (nSPS) is 12.7. The van der Waals surface area contributed by atoms with Crippen LogP contribution in [0.5, 0.6) is 0 Å². The number of hydrogen-bond donors (Lipinski definition) is 2. The third kappa shape index (κ3) is 8.01. The summed E-state index contributed by atoms with van der Waals surface area (Å²) in [6, 6.07) is -0.866. The SMILES string of the molecule is CC(C)[C@H](NC(=O)OC(C)(C)C)C(=O)NCC(=O)[O-]. The van der Waals surface area contributed by atoms with Gasteiger partial charge >= 0.3 is 6.09 Å². The Hall–Kier alpha value is -1.79. The van der Waals surface area contributed by atoms with Crippen LogP contribution in [0.25, 0.3) is 0 Å². The van der Waals surface area contributed by atoms with E-state index in [0.717, 1.165) is 0 Å². The minimum Gasteiger partial charge on any atom is -0.548 e. The summed E-state index contributed by atoms with van der Waals surface area (Å²) in [4.78, 5) is 33.6. The van der Waals surface area contributed by atoms with E-state index in [-0.39, 0.29) is 5.92 Å². The molecule has 0 aromatic rings. The molecule has 1 atom stereocenters. The van der Waals surface area contributed by atoms with Crippen LogP contribution in [0.3, 0.4) is 0 Å². The molecule has 7 heteroatoms. The van der Waals surface area contributed by atoms with Crippen LogP contribution in [0.4, 0.5) is 4.79 Å². The minimum atomic E-state index is -1.40. The standard InChI is InChI=1S/C12H22N2O5/c1-7(2)9(10(17)13-6-8(15)16)14-11(18)19-12(3,4)5/h7,9H,6H2,1-5H3,(H,13,17)(H,14,18)(H,15,16)/p-1/t9-/m0/s1. The van der Waals surface area contributed by atoms with Crippen LogP contribution in [0.1, 0.15) is 34.6 Å². The van der Waals surface area contributed by atoms with Crippen molar-refractivity contribution in [2.24, 2.45) is 5.92 Å². The maximum absolute atomic E-state index is 11.7. The molecule has 0 saturated carbocycles. The smallest absolute Gasteiger partial charge is 0.408 e. The maximum atomic E-state index is 11.7. The van der Waals surface area contributed by atoms with Crippen LogP contribution in [0, 0.1) is 5.92 Å². The molecule has 0 fully saturated rings. The summed E-state index contributed by atoms with van der Waals surface area (Å²) in [5.41, 5.74) is -0.674. The van der Waals surface area contributed by atoms with Crippen LogP contribution < -0.4 is 15.7 Å². The molecule has 110 valence electrons. The number of carboxylic acids is 1. The predicted octanol–water partition coefficient (Wildman–Crippen LogP) is -0.598. The van der Waals surface area contributed by atoms with Crippen molar-refractivity contribution in [3.05, 3.63) is 0 Å². The van der Waals surface area contributed by atoms with Crippen LogP contribution >= 0.6 is 0 Å². The highest BCUT2D eigenvalue weighted by molar-refractivity contribution is 5.87. The third-order valence-corrected chi connectivity index (χ3v) is 2.03. The Kier molecular flexibility index (Phi) is 6.31. The lowest BCUT2D eigenvalue weighted by atomic mass is 10.0. The van der Waals surface area contributed by atoms with E-state index in [4.69, 9.17) is 4.74 Å². The zero-order valence-electron chi connectivity index (χ0n) is 11.9. The second-order valence-electron chi connectivity index (χ2n) is 5.46. The van der Waals surface area contributed by atoms with Gasteiger partial charge in [0, 0.05) is 0 Å². The molecule has 0 rings (SSSR count). The van der Waals surface area contributed by atoms with E-state index in [1.54, 1.807) is 34.6 Å². The number of amides is 2. The fourth-order valence-electron chi connectivity index (χ4n) is 1.24. The fourth-order valence-corrected chi connectivity index (χ4v) is 1.24. The van der Waals surface area contributed by atoms with Crippen molar-refractivity contribution in [3.63, 3.8) is 0 Å². The third-order valence-electron chi connectivity index (χ3n) is 2.03. The monoisotopic (exact) mass is 273 g/mol. The zero-order chi connectivity index (χ0) is 15.2. The first-order valence-corrected chi connectivity index (χ1v) is 6.00. The van der Waals surface area contributed by atoms with Gasteiger partial charge in [-0.15, -0.1) is 0 Å². The minimum absolute atomic E-state index is 0.214. The molecule has 0 aromatic heterocycles. The van der Waals surface area contributed by atoms with Gasteiger partial charge in [0.25, 0.3) is 0 Å². The lowest BCUT2D eigenvalue weighted by Crippen LogP contribution is -2.52. The number of carbonyl (C=O) groups is 3. The van der Waals surface area contributed by atoms with E-state index in [1.165, 1.54) is 0 Å². The summed E-state index contributed by atoms with van der Waals surface area (Å²) in [6.45, 7) is 7.95. The topological polar surface area (TPSA) is 108 Å². The highest BCUT2D eigenvalue weighted by atomic mass is 16.6. The molecule has 19 heavy (non-hydrogen) atoms. The Labute approximate surface area is 112 Å². The quantitative estimate of drug-likeness (QED) is 0.695. The number of nitrogens with one attached hydrogen (secondary N) is 2. The molecule has 0 aliphatic carbocycles. The van der Waals surface area contributed by atoms with Gasteiger partial charge in [-0.1, -0.05) is 13.8 Å². The molecule has 0 aliphatic heterocycles. The summed E-state index contributed by atoms with van der Waals surface area (Å²) in [6.07, 6.45) is -0.727. The predicted molar refractivity (Wildman–Crippen MR) is 66.0 cm³/mol. The summed E-state index contributed by atoms with van der Waals surface area (Å²) < 4.78 is 5.04. The fraction of sp³-hybridized carbons (Fsp3) is 0.750. The molecule has 0 spiro atoms. The van der Waals surface area contributed by atoms with Crippen LogP contribution in [0.15, 0.2) is 0 Å². The number of rotatable bonds is 5. The number of aliphatic carboxylic acids is 1. The van der Waals surface area contributed by atoms with E-state index < -0.39 is 36.2 Å². The summed E-state index contributed by atoms with van der Waals surface area (Å²) >= 11 is 0. The van der Waals surface area contributed by atoms with Gasteiger partial charge in [-0.05, 0) is 26.7 Å². The Morgan fingerprint density at radius 1 is 1.21 bits per heavy atom. The highest BCUT2D eigenvalue weighted by Crippen LogP contribution is 2.08. The van der Waals surface area contributed by atoms with Crippen molar-refractivity contribution in [3.8, 4) is 0 Å². The van der Waals surface area contributed by atoms with Gasteiger partial charge in [0.05, 0.1) is 12.5 Å². The van der Waals surface area contributed by atoms with Gasteiger partial charge < -0.3 is 25.3 Å². The van der Waals surface area contributed by atoms with E-state index in [9.17, 15) is 19.5 Å². The second-order valence-corrected chi connectivity index (χ2v) is 5.46. The first kappa shape index (κ1) is 17.2. The van der Waals surface area contributed by atoms with Gasteiger partial charge in [-0.2, -0.15) is 0 Å². The van der Waals surface area contributed by atoms with Crippen molar-refractivity contribution in [1.29, 1.82) is 0 Å². The second kappa shape index (κ2) is 6.96. The van der Waals surface area contributed by atoms with Crippen LogP contribution in [-0.4, -0.2) is 36.2 Å². The molecular weight excluding hydrogens is 252 g/mol. The molecule has 0 saturated heterocycles. The number of ether oxygens (including phenoxy) is 1. The highest BCUT2D eigenvalue weighted by Gasteiger charge is 2.26. The molecule has 7 nitrogen and oxygen atoms in total. The van der Waals surface area contributed by atoms with Crippen molar-refractivity contribution in [1.82, 2.24) is 10.6 Å². The average molecular weight is 273 g/mol. The van der Waals surface area contributed by atoms with Crippen molar-refractivity contribution in [2.75, 3.05) is 6.54 Å². The lowest BCUT2D eigenvalue weighted by molar-refractivity contribution is -0.304. The Bertz CT molecular complexity index is 347. The molecule has 0 radical (unpaired) electrons. The van der Waals surface area contributed by atoms with Crippen molar-refractivity contribution < 1.29 is 24.2 Å². The molecule has 0 aromatic carbocycles. The number of carboxylic acid groups (broad SMARTS) is 1. The Morgan fingerprint density at radius 3 is 2.11 bits per heavy atom. The average Bonchev–Trinajstić information content (AvgIpc) is 2.19. The molecule has 2 amide bonds. The van der Waals surface area contributed by atoms with Crippen molar-refractivity contribution in [2.45, 2.75) is 46.3 Å². The summed E-state index contributed by atoms with van der Waals surface area (Å²) in [5, 5.41) is 14.8. The van der Waals surface area contributed by atoms with Gasteiger partial charge in [-0.25, -0.2) is 4.79 Å². The van der Waals surface area contributed by atoms with E-state index >= 15 is 0 Å². The largest absolute Gasteiger partial charge is 0.548 e. The van der Waals surface area contributed by atoms with E-state index in [0.29, 0.717) is 0 Å². The van der Waals surface area contributed by atoms with Gasteiger partial charge in [-0.3, -0.25) is 4.79 Å². The van der Waals surface area contributed by atoms with Gasteiger partial charge in [0.15, 0.2) is 0 Å². The zero-order valence-corrected chi connectivity index (χ0v) is 11.9. The molecule has 0 bridgehead atoms. The molecular formula is C12H21N2O5-. The number of carbonyl (C=O) groups excluding carboxylic acids is 3. The van der Waals surface area contributed by atoms with Crippen LogP contribution in [-0.2, 0) is 14.3 Å². The molecule has 0 unspecified atom stereocenters. The van der Waals surface area contributed by atoms with E-state index in [1.807, 2.05) is 0 Å². The number of hydrogen-bond acceptors (Lipinski definition) is 5. The maximum Gasteiger partial charge on any atom is 0.408 e. The molecule has 2 N–H and O–H groups in total. The van der Waals surface area contributed by atoms with Gasteiger partial charge in [0.2, 0.25) is 5.91 Å². The summed E-state index contributed by atoms with van der Waals surface area (Å²) in [7, 11) is 0. The van der Waals surface area contributed by atoms with E-state index in [2.05, 4.69) is 10.6 Å². The summed E-state index contributed by atoms with van der Waals surface area (Å²) in [5.74, 6) is -2.20. The lowest BCUT2D eigenvalue weighted by Gasteiger charge is -2.25. The first-order valence-electron chi connectivity index (χ1n) is 6.00. The number of alkyl carbamates (subject to hydrolysis) is 1. The molecule has 0 aliphatic rings. The Morgan fingerprint density at radius 2 is 1.74 bits per heavy atom. The van der Waals surface area contributed by atoms with Crippen LogP contribution in [0.2, 0.25) is 0 Å². The first-order chi connectivity index (χ1) is 8.53. The molecule has 0 heterocycles. The van der Waals surface area contributed by atoms with Crippen molar-refractivity contribution >= 4 is 18.0 Å². The Balaban J connectivity index is 4.53. The van der Waals surface area contributed by atoms with Gasteiger partial charge in [0.1, 0.15) is 11.6 Å².